The lowest BCUT2D eigenvalue weighted by Crippen LogP contribution is -2.05. The first-order valence-corrected chi connectivity index (χ1v) is 6.61. The molecule has 1 aromatic heterocycles. The summed E-state index contributed by atoms with van der Waals surface area (Å²) in [5, 5.41) is 7.66. The maximum atomic E-state index is 4.24. The predicted octanol–water partition coefficient (Wildman–Crippen LogP) is 3.51. The Kier molecular flexibility index (Phi) is 4.40. The molecular weight excluding hydrogens is 222 g/mol. The van der Waals surface area contributed by atoms with Crippen molar-refractivity contribution in [2.45, 2.75) is 32.7 Å². The largest absolute Gasteiger partial charge is 0.382 e. The van der Waals surface area contributed by atoms with Gasteiger partial charge >= 0.3 is 0 Å². The van der Waals surface area contributed by atoms with Crippen LogP contribution in [0.5, 0.6) is 0 Å². The van der Waals surface area contributed by atoms with E-state index in [2.05, 4.69) is 54.6 Å². The van der Waals surface area contributed by atoms with Crippen LogP contribution in [0.15, 0.2) is 42.7 Å². The Hall–Kier alpha value is -1.77. The van der Waals surface area contributed by atoms with Gasteiger partial charge in [-0.25, -0.2) is 0 Å². The Bertz CT molecular complexity index is 462. The van der Waals surface area contributed by atoms with Crippen LogP contribution in [0.3, 0.4) is 0 Å². The van der Waals surface area contributed by atoms with E-state index in [0.717, 1.165) is 25.2 Å². The van der Waals surface area contributed by atoms with Crippen molar-refractivity contribution in [1.29, 1.82) is 0 Å². The summed E-state index contributed by atoms with van der Waals surface area (Å²) in [6.45, 7) is 6.26. The highest BCUT2D eigenvalue weighted by atomic mass is 15.3. The number of benzene rings is 1. The normalized spacial score (nSPS) is 12.3. The topological polar surface area (TPSA) is 29.9 Å². The highest BCUT2D eigenvalue weighted by Crippen LogP contribution is 2.18. The molecule has 0 aliphatic rings. The molecule has 0 saturated carbocycles. The molecule has 3 heteroatoms. The molecule has 96 valence electrons. The van der Waals surface area contributed by atoms with Crippen molar-refractivity contribution in [2.24, 2.45) is 0 Å². The first-order valence-electron chi connectivity index (χ1n) is 6.61. The van der Waals surface area contributed by atoms with Gasteiger partial charge in [0.1, 0.15) is 0 Å². The van der Waals surface area contributed by atoms with Gasteiger partial charge < -0.3 is 5.32 Å². The standard InChI is InChI=1S/C15H21N3/c1-3-18-12-15(11-17-18)16-10-9-13(2)14-7-5-4-6-8-14/h4-8,11-13,16H,3,9-10H2,1-2H3. The summed E-state index contributed by atoms with van der Waals surface area (Å²) in [6.07, 6.45) is 5.06. The van der Waals surface area contributed by atoms with Gasteiger partial charge in [0, 0.05) is 19.3 Å². The SMILES string of the molecule is CCn1cc(NCCC(C)c2ccccc2)cn1. The van der Waals surface area contributed by atoms with Crippen molar-refractivity contribution in [3.63, 3.8) is 0 Å². The van der Waals surface area contributed by atoms with Gasteiger partial charge in [0.25, 0.3) is 0 Å². The number of aryl methyl sites for hydroxylation is 1. The van der Waals surface area contributed by atoms with E-state index in [9.17, 15) is 0 Å². The van der Waals surface area contributed by atoms with E-state index in [-0.39, 0.29) is 0 Å². The molecule has 18 heavy (non-hydrogen) atoms. The number of anilines is 1. The molecule has 0 aliphatic heterocycles. The van der Waals surface area contributed by atoms with Crippen LogP contribution in [-0.4, -0.2) is 16.3 Å². The number of nitrogens with one attached hydrogen (secondary N) is 1. The van der Waals surface area contributed by atoms with Gasteiger partial charge in [-0.1, -0.05) is 37.3 Å². The van der Waals surface area contributed by atoms with Crippen molar-refractivity contribution in [2.75, 3.05) is 11.9 Å². The fourth-order valence-corrected chi connectivity index (χ4v) is 2.01. The van der Waals surface area contributed by atoms with Gasteiger partial charge in [-0.2, -0.15) is 5.10 Å². The Labute approximate surface area is 109 Å². The lowest BCUT2D eigenvalue weighted by atomic mass is 9.98. The van der Waals surface area contributed by atoms with Crippen molar-refractivity contribution >= 4 is 5.69 Å². The van der Waals surface area contributed by atoms with Crippen LogP contribution < -0.4 is 5.32 Å². The zero-order valence-corrected chi connectivity index (χ0v) is 11.1. The second-order valence-electron chi connectivity index (χ2n) is 4.61. The van der Waals surface area contributed by atoms with Crippen molar-refractivity contribution in [3.05, 3.63) is 48.3 Å². The monoisotopic (exact) mass is 243 g/mol. The quantitative estimate of drug-likeness (QED) is 0.841. The average molecular weight is 243 g/mol. The van der Waals surface area contributed by atoms with E-state index in [1.807, 2.05) is 17.1 Å². The molecule has 2 rings (SSSR count). The van der Waals surface area contributed by atoms with E-state index in [4.69, 9.17) is 0 Å². The molecule has 0 fully saturated rings. The second kappa shape index (κ2) is 6.24. The molecule has 2 aromatic rings. The predicted molar refractivity (Wildman–Crippen MR) is 75.9 cm³/mol. The first kappa shape index (κ1) is 12.7. The maximum Gasteiger partial charge on any atom is 0.0726 e. The zero-order chi connectivity index (χ0) is 12.8. The number of hydrogen-bond acceptors (Lipinski definition) is 2. The molecule has 1 aromatic carbocycles. The van der Waals surface area contributed by atoms with Gasteiger partial charge in [0.2, 0.25) is 0 Å². The Morgan fingerprint density at radius 1 is 1.28 bits per heavy atom. The summed E-state index contributed by atoms with van der Waals surface area (Å²) >= 11 is 0. The van der Waals surface area contributed by atoms with Crippen LogP contribution in [-0.2, 0) is 6.54 Å². The van der Waals surface area contributed by atoms with Crippen LogP contribution in [0.4, 0.5) is 5.69 Å². The summed E-state index contributed by atoms with van der Waals surface area (Å²) in [5.41, 5.74) is 2.51. The third-order valence-electron chi connectivity index (χ3n) is 3.23. The summed E-state index contributed by atoms with van der Waals surface area (Å²) in [6, 6.07) is 10.7. The second-order valence-corrected chi connectivity index (χ2v) is 4.61. The van der Waals surface area contributed by atoms with Crippen LogP contribution in [0.1, 0.15) is 31.7 Å². The summed E-state index contributed by atoms with van der Waals surface area (Å²) in [5.74, 6) is 0.583. The minimum atomic E-state index is 0.583. The van der Waals surface area contributed by atoms with Crippen LogP contribution in [0.25, 0.3) is 0 Å². The highest BCUT2D eigenvalue weighted by Gasteiger charge is 2.04. The molecule has 0 spiro atoms. The molecule has 1 unspecified atom stereocenters. The van der Waals surface area contributed by atoms with E-state index in [0.29, 0.717) is 5.92 Å². The summed E-state index contributed by atoms with van der Waals surface area (Å²) < 4.78 is 1.93. The van der Waals surface area contributed by atoms with Crippen LogP contribution in [0, 0.1) is 0 Å². The number of hydrogen-bond donors (Lipinski definition) is 1. The molecule has 1 heterocycles. The Morgan fingerprint density at radius 3 is 2.72 bits per heavy atom. The van der Waals surface area contributed by atoms with E-state index in [1.165, 1.54) is 5.56 Å². The number of nitrogens with zero attached hydrogens (tertiary/aromatic N) is 2. The summed E-state index contributed by atoms with van der Waals surface area (Å²) in [7, 11) is 0. The molecule has 0 saturated heterocycles. The third-order valence-corrected chi connectivity index (χ3v) is 3.23. The highest BCUT2D eigenvalue weighted by molar-refractivity contribution is 5.38. The molecule has 0 bridgehead atoms. The van der Waals surface area contributed by atoms with Gasteiger partial charge in [-0.05, 0) is 24.8 Å². The van der Waals surface area contributed by atoms with E-state index >= 15 is 0 Å². The Balaban J connectivity index is 1.78. The van der Waals surface area contributed by atoms with Gasteiger partial charge in [-0.3, -0.25) is 4.68 Å². The molecule has 0 radical (unpaired) electrons. The van der Waals surface area contributed by atoms with Crippen LogP contribution in [0.2, 0.25) is 0 Å². The van der Waals surface area contributed by atoms with E-state index in [1.54, 1.807) is 0 Å². The van der Waals surface area contributed by atoms with Crippen molar-refractivity contribution in [3.8, 4) is 0 Å². The molecule has 0 amide bonds. The first-order chi connectivity index (χ1) is 8.79. The minimum absolute atomic E-state index is 0.583. The smallest absolute Gasteiger partial charge is 0.0726 e. The molecule has 1 N–H and O–H groups in total. The van der Waals surface area contributed by atoms with Crippen molar-refractivity contribution < 1.29 is 0 Å². The average Bonchev–Trinajstić information content (AvgIpc) is 2.87. The Morgan fingerprint density at radius 2 is 2.06 bits per heavy atom. The van der Waals surface area contributed by atoms with Gasteiger partial charge in [0.15, 0.2) is 0 Å². The number of aromatic nitrogens is 2. The zero-order valence-electron chi connectivity index (χ0n) is 11.1. The van der Waals surface area contributed by atoms with Crippen molar-refractivity contribution in [1.82, 2.24) is 9.78 Å². The molecular formula is C15H21N3. The fourth-order valence-electron chi connectivity index (χ4n) is 2.01. The lowest BCUT2D eigenvalue weighted by molar-refractivity contribution is 0.660. The third kappa shape index (κ3) is 3.36. The maximum absolute atomic E-state index is 4.24. The molecule has 1 atom stereocenters. The van der Waals surface area contributed by atoms with Crippen LogP contribution >= 0.6 is 0 Å². The molecule has 0 aliphatic carbocycles. The van der Waals surface area contributed by atoms with Gasteiger partial charge in [0.05, 0.1) is 11.9 Å². The van der Waals surface area contributed by atoms with Gasteiger partial charge in [-0.15, -0.1) is 0 Å². The summed E-state index contributed by atoms with van der Waals surface area (Å²) in [4.78, 5) is 0. The fraction of sp³-hybridized carbons (Fsp3) is 0.400. The van der Waals surface area contributed by atoms with E-state index < -0.39 is 0 Å². The number of rotatable bonds is 6. The molecule has 3 nitrogen and oxygen atoms in total. The minimum Gasteiger partial charge on any atom is -0.382 e. The lowest BCUT2D eigenvalue weighted by Gasteiger charge is -2.12.